The van der Waals surface area contributed by atoms with Crippen molar-refractivity contribution in [3.8, 4) is 0 Å². The lowest BCUT2D eigenvalue weighted by molar-refractivity contribution is -0.135. The van der Waals surface area contributed by atoms with Crippen LogP contribution in [-0.2, 0) is 11.3 Å². The molecule has 1 fully saturated rings. The molecule has 2 N–H and O–H groups in total. The van der Waals surface area contributed by atoms with Gasteiger partial charge in [-0.2, -0.15) is 0 Å². The first-order valence-corrected chi connectivity index (χ1v) is 6.35. The van der Waals surface area contributed by atoms with Crippen LogP contribution in [0.4, 0.5) is 5.00 Å². The fraction of sp³-hybridized carbons (Fsp3) is 0.700. The molecule has 0 aliphatic carbocycles. The molecule has 94 valence electrons. The summed E-state index contributed by atoms with van der Waals surface area (Å²) in [5.74, 6) is 0.0675. The second kappa shape index (κ2) is 4.58. The number of piperazine rings is 1. The fourth-order valence-electron chi connectivity index (χ4n) is 1.90. The molecular formula is C10H17N5OS. The van der Waals surface area contributed by atoms with Gasteiger partial charge in [-0.15, -0.1) is 5.10 Å². The summed E-state index contributed by atoms with van der Waals surface area (Å²) in [5, 5.41) is 11.0. The molecule has 0 bridgehead atoms. The van der Waals surface area contributed by atoms with Crippen LogP contribution in [-0.4, -0.2) is 46.1 Å². The smallest absolute Gasteiger partial charge is 0.240 e. The first-order chi connectivity index (χ1) is 8.05. The number of aromatic nitrogens is 2. The zero-order valence-corrected chi connectivity index (χ0v) is 11.1. The van der Waals surface area contributed by atoms with Gasteiger partial charge in [0.05, 0.1) is 5.54 Å². The SMILES string of the molecule is CNc1snnc1CN1CCNC(=O)C1(C)C. The molecule has 0 unspecified atom stereocenters. The van der Waals surface area contributed by atoms with Crippen LogP contribution in [0.5, 0.6) is 0 Å². The Kier molecular flexibility index (Phi) is 3.30. The van der Waals surface area contributed by atoms with E-state index in [0.29, 0.717) is 13.1 Å². The number of hydrogen-bond acceptors (Lipinski definition) is 6. The Balaban J connectivity index is 2.15. The number of carbonyl (C=O) groups excluding carboxylic acids is 1. The molecule has 1 aliphatic rings. The van der Waals surface area contributed by atoms with Crippen LogP contribution in [0.25, 0.3) is 0 Å². The van der Waals surface area contributed by atoms with E-state index in [1.165, 1.54) is 11.5 Å². The van der Waals surface area contributed by atoms with E-state index >= 15 is 0 Å². The van der Waals surface area contributed by atoms with Crippen LogP contribution in [0.2, 0.25) is 0 Å². The van der Waals surface area contributed by atoms with Gasteiger partial charge in [-0.3, -0.25) is 9.69 Å². The summed E-state index contributed by atoms with van der Waals surface area (Å²) in [5.41, 5.74) is 0.410. The average Bonchev–Trinajstić information content (AvgIpc) is 2.72. The molecular weight excluding hydrogens is 238 g/mol. The van der Waals surface area contributed by atoms with Gasteiger partial charge in [0.25, 0.3) is 0 Å². The predicted molar refractivity (Wildman–Crippen MR) is 67.0 cm³/mol. The molecule has 0 saturated carbocycles. The standard InChI is InChI=1S/C10H17N5OS/c1-10(2)9(16)12-4-5-15(10)6-7-8(11-3)17-14-13-7/h11H,4-6H2,1-3H3,(H,12,16). The summed E-state index contributed by atoms with van der Waals surface area (Å²) in [7, 11) is 1.85. The molecule has 0 atom stereocenters. The van der Waals surface area contributed by atoms with Crippen molar-refractivity contribution in [2.45, 2.75) is 25.9 Å². The Morgan fingerprint density at radius 1 is 1.59 bits per heavy atom. The van der Waals surface area contributed by atoms with Gasteiger partial charge in [-0.25, -0.2) is 0 Å². The van der Waals surface area contributed by atoms with E-state index < -0.39 is 5.54 Å². The molecule has 0 spiro atoms. The zero-order valence-electron chi connectivity index (χ0n) is 10.3. The van der Waals surface area contributed by atoms with Crippen LogP contribution >= 0.6 is 11.5 Å². The summed E-state index contributed by atoms with van der Waals surface area (Å²) in [4.78, 5) is 13.9. The molecule has 2 rings (SSSR count). The monoisotopic (exact) mass is 255 g/mol. The van der Waals surface area contributed by atoms with Crippen molar-refractivity contribution in [2.75, 3.05) is 25.5 Å². The lowest BCUT2D eigenvalue weighted by Crippen LogP contribution is -2.61. The van der Waals surface area contributed by atoms with Gasteiger partial charge in [-0.05, 0) is 13.8 Å². The lowest BCUT2D eigenvalue weighted by Gasteiger charge is -2.40. The van der Waals surface area contributed by atoms with E-state index in [4.69, 9.17) is 0 Å². The molecule has 7 heteroatoms. The minimum Gasteiger partial charge on any atom is -0.377 e. The van der Waals surface area contributed by atoms with Crippen molar-refractivity contribution in [1.82, 2.24) is 19.8 Å². The summed E-state index contributed by atoms with van der Waals surface area (Å²) in [6.45, 7) is 6.03. The Morgan fingerprint density at radius 2 is 2.35 bits per heavy atom. The largest absolute Gasteiger partial charge is 0.377 e. The number of amides is 1. The Bertz CT molecular complexity index is 417. The van der Waals surface area contributed by atoms with E-state index in [1.807, 2.05) is 20.9 Å². The van der Waals surface area contributed by atoms with E-state index in [2.05, 4.69) is 25.1 Å². The number of nitrogens with one attached hydrogen (secondary N) is 2. The van der Waals surface area contributed by atoms with E-state index in [-0.39, 0.29) is 5.91 Å². The van der Waals surface area contributed by atoms with E-state index in [1.54, 1.807) is 0 Å². The van der Waals surface area contributed by atoms with Crippen molar-refractivity contribution >= 4 is 22.4 Å². The highest BCUT2D eigenvalue weighted by molar-refractivity contribution is 7.10. The van der Waals surface area contributed by atoms with Crippen LogP contribution in [0, 0.1) is 0 Å². The topological polar surface area (TPSA) is 70.2 Å². The van der Waals surface area contributed by atoms with Crippen molar-refractivity contribution in [3.05, 3.63) is 5.69 Å². The molecule has 6 nitrogen and oxygen atoms in total. The summed E-state index contributed by atoms with van der Waals surface area (Å²) >= 11 is 1.34. The highest BCUT2D eigenvalue weighted by Gasteiger charge is 2.38. The first-order valence-electron chi connectivity index (χ1n) is 5.58. The third-order valence-corrected chi connectivity index (χ3v) is 3.92. The molecule has 1 aromatic rings. The minimum absolute atomic E-state index is 0.0675. The molecule has 0 aromatic carbocycles. The van der Waals surface area contributed by atoms with Gasteiger partial charge in [-0.1, -0.05) is 4.49 Å². The minimum atomic E-state index is -0.493. The van der Waals surface area contributed by atoms with Gasteiger partial charge in [0.2, 0.25) is 5.91 Å². The fourth-order valence-corrected chi connectivity index (χ4v) is 2.43. The summed E-state index contributed by atoms with van der Waals surface area (Å²) in [6.07, 6.45) is 0. The third kappa shape index (κ3) is 2.25. The molecule has 0 radical (unpaired) electrons. The maximum absolute atomic E-state index is 11.8. The summed E-state index contributed by atoms with van der Waals surface area (Å²) in [6, 6.07) is 0. The van der Waals surface area contributed by atoms with Gasteiger partial charge in [0, 0.05) is 38.2 Å². The van der Waals surface area contributed by atoms with Gasteiger partial charge < -0.3 is 10.6 Å². The number of nitrogens with zero attached hydrogens (tertiary/aromatic N) is 3. The van der Waals surface area contributed by atoms with Gasteiger partial charge >= 0.3 is 0 Å². The maximum atomic E-state index is 11.8. The quantitative estimate of drug-likeness (QED) is 0.812. The van der Waals surface area contributed by atoms with Crippen molar-refractivity contribution in [2.24, 2.45) is 0 Å². The first kappa shape index (κ1) is 12.3. The number of anilines is 1. The Labute approximate surface area is 105 Å². The van der Waals surface area contributed by atoms with Gasteiger partial charge in [0.1, 0.15) is 10.7 Å². The second-order valence-corrected chi connectivity index (χ2v) is 5.29. The Morgan fingerprint density at radius 3 is 3.06 bits per heavy atom. The third-order valence-electron chi connectivity index (χ3n) is 3.14. The lowest BCUT2D eigenvalue weighted by atomic mass is 9.99. The molecule has 1 saturated heterocycles. The molecule has 17 heavy (non-hydrogen) atoms. The predicted octanol–water partition coefficient (Wildman–Crippen LogP) is 0.290. The highest BCUT2D eigenvalue weighted by atomic mass is 32.1. The van der Waals surface area contributed by atoms with Crippen LogP contribution < -0.4 is 10.6 Å². The molecule has 1 aromatic heterocycles. The maximum Gasteiger partial charge on any atom is 0.240 e. The van der Waals surface area contributed by atoms with Crippen LogP contribution in [0.15, 0.2) is 0 Å². The van der Waals surface area contributed by atoms with Crippen LogP contribution in [0.1, 0.15) is 19.5 Å². The van der Waals surface area contributed by atoms with Crippen molar-refractivity contribution < 1.29 is 4.79 Å². The number of hydrogen-bond donors (Lipinski definition) is 2. The molecule has 2 heterocycles. The Hall–Kier alpha value is -1.21. The molecule has 1 aliphatic heterocycles. The zero-order chi connectivity index (χ0) is 12.5. The number of carbonyl (C=O) groups is 1. The normalized spacial score (nSPS) is 20.1. The van der Waals surface area contributed by atoms with Crippen LogP contribution in [0.3, 0.4) is 0 Å². The second-order valence-electron chi connectivity index (χ2n) is 4.54. The summed E-state index contributed by atoms with van der Waals surface area (Å²) < 4.78 is 3.93. The highest BCUT2D eigenvalue weighted by Crippen LogP contribution is 2.24. The number of rotatable bonds is 3. The van der Waals surface area contributed by atoms with E-state index in [9.17, 15) is 4.79 Å². The van der Waals surface area contributed by atoms with Gasteiger partial charge in [0.15, 0.2) is 0 Å². The van der Waals surface area contributed by atoms with Crippen molar-refractivity contribution in [3.63, 3.8) is 0 Å². The average molecular weight is 255 g/mol. The molecule has 1 amide bonds. The van der Waals surface area contributed by atoms with Crippen molar-refractivity contribution in [1.29, 1.82) is 0 Å². The van der Waals surface area contributed by atoms with E-state index in [0.717, 1.165) is 17.2 Å².